The number of benzene rings is 1. The van der Waals surface area contributed by atoms with Crippen LogP contribution in [0.4, 0.5) is 34.9 Å². The number of aromatic amines is 1. The fraction of sp³-hybridized carbons (Fsp3) is 0.136. The third-order valence-corrected chi connectivity index (χ3v) is 4.75. The van der Waals surface area contributed by atoms with Crippen molar-refractivity contribution in [3.05, 3.63) is 72.2 Å². The van der Waals surface area contributed by atoms with Crippen molar-refractivity contribution < 1.29 is 27.1 Å². The standard InChI is InChI=1S/C22H17F4N7O2/c1-35-20-17(22(24,25)26)6-14(9-27-20)32-19(34)5-12-2-3-16(18(23)4-12)13-7-28-21(29-8-13)33-15-10-30-31-11-15/h2-4,6-11H,5H2,1H3,(H,30,31)(H,32,34)(H,28,29,33). The van der Waals surface area contributed by atoms with E-state index in [4.69, 9.17) is 0 Å². The zero-order valence-corrected chi connectivity index (χ0v) is 18.0. The molecule has 1 aromatic carbocycles. The lowest BCUT2D eigenvalue weighted by molar-refractivity contribution is -0.139. The van der Waals surface area contributed by atoms with Gasteiger partial charge in [-0.3, -0.25) is 9.89 Å². The van der Waals surface area contributed by atoms with E-state index in [1.165, 1.54) is 30.6 Å². The number of nitrogens with zero attached hydrogens (tertiary/aromatic N) is 4. The number of ether oxygens (including phenoxy) is 1. The summed E-state index contributed by atoms with van der Waals surface area (Å²) in [6, 6.07) is 4.89. The molecule has 0 saturated carbocycles. The van der Waals surface area contributed by atoms with Crippen molar-refractivity contribution in [1.82, 2.24) is 25.1 Å². The van der Waals surface area contributed by atoms with E-state index in [1.807, 2.05) is 0 Å². The summed E-state index contributed by atoms with van der Waals surface area (Å²) in [5.41, 5.74) is 0.327. The van der Waals surface area contributed by atoms with Gasteiger partial charge in [0.25, 0.3) is 0 Å². The average Bonchev–Trinajstić information content (AvgIpc) is 3.32. The van der Waals surface area contributed by atoms with Gasteiger partial charge in [-0.25, -0.2) is 19.3 Å². The Labute approximate surface area is 195 Å². The Balaban J connectivity index is 1.43. The van der Waals surface area contributed by atoms with Gasteiger partial charge in [0.1, 0.15) is 11.4 Å². The fourth-order valence-electron chi connectivity index (χ4n) is 3.16. The van der Waals surface area contributed by atoms with Gasteiger partial charge in [-0.2, -0.15) is 18.3 Å². The maximum atomic E-state index is 14.7. The number of nitrogens with one attached hydrogen (secondary N) is 3. The molecular formula is C22H17F4N7O2. The summed E-state index contributed by atoms with van der Waals surface area (Å²) in [7, 11) is 1.06. The monoisotopic (exact) mass is 487 g/mol. The minimum Gasteiger partial charge on any atom is -0.481 e. The Morgan fingerprint density at radius 2 is 1.83 bits per heavy atom. The number of anilines is 3. The number of rotatable bonds is 7. The van der Waals surface area contributed by atoms with Crippen molar-refractivity contribution in [3.8, 4) is 17.0 Å². The molecule has 0 aliphatic carbocycles. The van der Waals surface area contributed by atoms with E-state index in [9.17, 15) is 22.4 Å². The molecule has 13 heteroatoms. The van der Waals surface area contributed by atoms with Gasteiger partial charge >= 0.3 is 6.18 Å². The number of carbonyl (C=O) groups excluding carboxylic acids is 1. The predicted octanol–water partition coefficient (Wildman–Crippen LogP) is 4.35. The lowest BCUT2D eigenvalue weighted by Crippen LogP contribution is -2.16. The number of pyridine rings is 1. The zero-order valence-electron chi connectivity index (χ0n) is 18.0. The Morgan fingerprint density at radius 3 is 2.46 bits per heavy atom. The molecule has 4 rings (SSSR count). The first kappa shape index (κ1) is 23.6. The van der Waals surface area contributed by atoms with E-state index in [0.29, 0.717) is 22.8 Å². The molecule has 180 valence electrons. The molecule has 0 saturated heterocycles. The molecule has 0 radical (unpaired) electrons. The van der Waals surface area contributed by atoms with Gasteiger partial charge in [0, 0.05) is 29.7 Å². The molecule has 0 aliphatic rings. The van der Waals surface area contributed by atoms with Gasteiger partial charge in [-0.1, -0.05) is 12.1 Å². The maximum Gasteiger partial charge on any atom is 0.421 e. The number of methoxy groups -OCH3 is 1. The first-order chi connectivity index (χ1) is 16.7. The summed E-state index contributed by atoms with van der Waals surface area (Å²) >= 11 is 0. The first-order valence-electron chi connectivity index (χ1n) is 10.0. The minimum absolute atomic E-state index is 0.165. The third kappa shape index (κ3) is 5.69. The Hall–Kier alpha value is -4.55. The van der Waals surface area contributed by atoms with Crippen LogP contribution in [0.15, 0.2) is 55.2 Å². The number of halogens is 4. The number of hydrogen-bond acceptors (Lipinski definition) is 7. The molecule has 0 spiro atoms. The smallest absolute Gasteiger partial charge is 0.421 e. The van der Waals surface area contributed by atoms with Crippen LogP contribution in [0.3, 0.4) is 0 Å². The van der Waals surface area contributed by atoms with Crippen LogP contribution in [-0.4, -0.2) is 38.2 Å². The second kappa shape index (κ2) is 9.75. The molecule has 3 heterocycles. The molecule has 0 bridgehead atoms. The van der Waals surface area contributed by atoms with E-state index in [2.05, 4.69) is 40.5 Å². The van der Waals surface area contributed by atoms with Crippen molar-refractivity contribution in [1.29, 1.82) is 0 Å². The Morgan fingerprint density at radius 1 is 1.06 bits per heavy atom. The largest absolute Gasteiger partial charge is 0.481 e. The van der Waals surface area contributed by atoms with Crippen LogP contribution in [0.2, 0.25) is 0 Å². The van der Waals surface area contributed by atoms with Crippen molar-refractivity contribution in [2.24, 2.45) is 0 Å². The predicted molar refractivity (Wildman–Crippen MR) is 117 cm³/mol. The molecular weight excluding hydrogens is 470 g/mol. The third-order valence-electron chi connectivity index (χ3n) is 4.75. The van der Waals surface area contributed by atoms with E-state index >= 15 is 0 Å². The summed E-state index contributed by atoms with van der Waals surface area (Å²) in [4.78, 5) is 24.2. The summed E-state index contributed by atoms with van der Waals surface area (Å²) in [6.07, 6.45) is 2.10. The number of aromatic nitrogens is 5. The van der Waals surface area contributed by atoms with Gasteiger partial charge in [0.15, 0.2) is 0 Å². The SMILES string of the molecule is COc1ncc(NC(=O)Cc2ccc(-c3cnc(Nc4cn[nH]c4)nc3)c(F)c2)cc1C(F)(F)F. The van der Waals surface area contributed by atoms with E-state index in [1.54, 1.807) is 12.4 Å². The van der Waals surface area contributed by atoms with Gasteiger partial charge in [0.2, 0.25) is 17.7 Å². The number of H-pyrrole nitrogens is 1. The van der Waals surface area contributed by atoms with Crippen LogP contribution in [0, 0.1) is 5.82 Å². The summed E-state index contributed by atoms with van der Waals surface area (Å²) < 4.78 is 58.8. The number of carbonyl (C=O) groups is 1. The summed E-state index contributed by atoms with van der Waals surface area (Å²) in [5.74, 6) is -1.57. The quantitative estimate of drug-likeness (QED) is 0.332. The normalized spacial score (nSPS) is 11.2. The van der Waals surface area contributed by atoms with E-state index < -0.39 is 29.3 Å². The lowest BCUT2D eigenvalue weighted by Gasteiger charge is -2.13. The topological polar surface area (TPSA) is 118 Å². The lowest BCUT2D eigenvalue weighted by atomic mass is 10.0. The Bertz CT molecular complexity index is 1330. The van der Waals surface area contributed by atoms with Crippen molar-refractivity contribution in [2.45, 2.75) is 12.6 Å². The number of hydrogen-bond donors (Lipinski definition) is 3. The first-order valence-corrected chi connectivity index (χ1v) is 10.0. The molecule has 1 amide bonds. The van der Waals surface area contributed by atoms with Crippen molar-refractivity contribution in [2.75, 3.05) is 17.7 Å². The van der Waals surface area contributed by atoms with Crippen LogP contribution < -0.4 is 15.4 Å². The molecule has 3 N–H and O–H groups in total. The fourth-order valence-corrected chi connectivity index (χ4v) is 3.16. The maximum absolute atomic E-state index is 14.7. The van der Waals surface area contributed by atoms with E-state index in [0.717, 1.165) is 19.4 Å². The molecule has 3 aromatic heterocycles. The average molecular weight is 487 g/mol. The van der Waals surface area contributed by atoms with Gasteiger partial charge < -0.3 is 15.4 Å². The Kier molecular flexibility index (Phi) is 6.57. The molecule has 0 aliphatic heterocycles. The number of amides is 1. The molecule has 0 unspecified atom stereocenters. The van der Waals surface area contributed by atoms with Crippen LogP contribution in [0.1, 0.15) is 11.1 Å². The highest BCUT2D eigenvalue weighted by atomic mass is 19.4. The molecule has 9 nitrogen and oxygen atoms in total. The van der Waals surface area contributed by atoms with Crippen LogP contribution in [-0.2, 0) is 17.4 Å². The highest BCUT2D eigenvalue weighted by Gasteiger charge is 2.35. The highest BCUT2D eigenvalue weighted by Crippen LogP contribution is 2.36. The second-order valence-corrected chi connectivity index (χ2v) is 7.23. The van der Waals surface area contributed by atoms with Crippen LogP contribution in [0.25, 0.3) is 11.1 Å². The highest BCUT2D eigenvalue weighted by molar-refractivity contribution is 5.92. The van der Waals surface area contributed by atoms with Gasteiger partial charge in [-0.05, 0) is 17.7 Å². The van der Waals surface area contributed by atoms with Gasteiger partial charge in [-0.15, -0.1) is 0 Å². The van der Waals surface area contributed by atoms with Gasteiger partial charge in [0.05, 0.1) is 37.3 Å². The molecule has 0 atom stereocenters. The zero-order chi connectivity index (χ0) is 25.0. The summed E-state index contributed by atoms with van der Waals surface area (Å²) in [6.45, 7) is 0. The minimum atomic E-state index is -4.71. The van der Waals surface area contributed by atoms with Crippen molar-refractivity contribution in [3.63, 3.8) is 0 Å². The summed E-state index contributed by atoms with van der Waals surface area (Å²) in [5, 5.41) is 11.7. The van der Waals surface area contributed by atoms with E-state index in [-0.39, 0.29) is 17.7 Å². The van der Waals surface area contributed by atoms with Crippen LogP contribution in [0.5, 0.6) is 5.88 Å². The second-order valence-electron chi connectivity index (χ2n) is 7.23. The number of alkyl halides is 3. The van der Waals surface area contributed by atoms with Crippen LogP contribution >= 0.6 is 0 Å². The van der Waals surface area contributed by atoms with Crippen molar-refractivity contribution >= 4 is 23.2 Å². The molecule has 4 aromatic rings. The molecule has 35 heavy (non-hydrogen) atoms. The molecule has 0 fully saturated rings.